The lowest BCUT2D eigenvalue weighted by molar-refractivity contribution is 0.0305. The molecule has 1 unspecified atom stereocenters. The number of nitrogens with zero attached hydrogens (tertiary/aromatic N) is 3. The van der Waals surface area contributed by atoms with E-state index >= 15 is 0 Å². The Morgan fingerprint density at radius 2 is 2.41 bits per heavy atom. The fraction of sp³-hybridized carbons (Fsp3) is 0.600. The van der Waals surface area contributed by atoms with Crippen molar-refractivity contribution in [1.82, 2.24) is 20.0 Å². The summed E-state index contributed by atoms with van der Waals surface area (Å²) in [4.78, 5) is 13.2. The molecule has 0 spiro atoms. The van der Waals surface area contributed by atoms with E-state index in [4.69, 9.17) is 0 Å². The zero-order valence-corrected chi connectivity index (χ0v) is 9.44. The average molecular weight is 244 g/mol. The second-order valence-electron chi connectivity index (χ2n) is 3.98. The van der Waals surface area contributed by atoms with Crippen LogP contribution in [0.15, 0.2) is 12.3 Å². The number of hydrogen-bond acceptors (Lipinski definition) is 3. The molecule has 2 rings (SSSR count). The number of hydrogen-bond donors (Lipinski definition) is 1. The molecule has 5 nitrogen and oxygen atoms in total. The SMILES string of the molecule is Cc1ccn(C(=O)N2CCNCC2C(F)F)n1. The number of aryl methyl sites for hydroxylation is 1. The van der Waals surface area contributed by atoms with Crippen LogP contribution in [0.5, 0.6) is 0 Å². The molecule has 7 heteroatoms. The second-order valence-corrected chi connectivity index (χ2v) is 3.98. The van der Waals surface area contributed by atoms with Gasteiger partial charge < -0.3 is 10.2 Å². The van der Waals surface area contributed by atoms with E-state index in [9.17, 15) is 13.6 Å². The van der Waals surface area contributed by atoms with Crippen LogP contribution in [0.25, 0.3) is 0 Å². The number of alkyl halides is 2. The molecule has 1 N–H and O–H groups in total. The Balaban J connectivity index is 2.16. The third kappa shape index (κ3) is 2.44. The molecule has 0 bridgehead atoms. The summed E-state index contributed by atoms with van der Waals surface area (Å²) in [5, 5.41) is 6.79. The minimum atomic E-state index is -2.55. The van der Waals surface area contributed by atoms with Gasteiger partial charge in [-0.3, -0.25) is 0 Å². The summed E-state index contributed by atoms with van der Waals surface area (Å²) in [5.41, 5.74) is 0.682. The van der Waals surface area contributed by atoms with Crippen molar-refractivity contribution < 1.29 is 13.6 Å². The molecular weight excluding hydrogens is 230 g/mol. The Bertz CT molecular complexity index is 407. The van der Waals surface area contributed by atoms with Crippen molar-refractivity contribution in [3.05, 3.63) is 18.0 Å². The van der Waals surface area contributed by atoms with Crippen LogP contribution in [0, 0.1) is 6.92 Å². The van der Waals surface area contributed by atoms with Gasteiger partial charge >= 0.3 is 6.03 Å². The van der Waals surface area contributed by atoms with E-state index in [1.165, 1.54) is 11.1 Å². The van der Waals surface area contributed by atoms with E-state index in [1.54, 1.807) is 13.0 Å². The van der Waals surface area contributed by atoms with Crippen molar-refractivity contribution in [2.75, 3.05) is 19.6 Å². The fourth-order valence-corrected chi connectivity index (χ4v) is 1.84. The minimum Gasteiger partial charge on any atom is -0.313 e. The summed E-state index contributed by atoms with van der Waals surface area (Å²) < 4.78 is 26.7. The van der Waals surface area contributed by atoms with Crippen LogP contribution in [-0.2, 0) is 0 Å². The summed E-state index contributed by atoms with van der Waals surface area (Å²) in [6.45, 7) is 2.65. The fourth-order valence-electron chi connectivity index (χ4n) is 1.84. The molecule has 0 saturated carbocycles. The lowest BCUT2D eigenvalue weighted by atomic mass is 10.2. The minimum absolute atomic E-state index is 0.115. The highest BCUT2D eigenvalue weighted by Gasteiger charge is 2.34. The standard InChI is InChI=1S/C10H14F2N4O/c1-7-2-4-16(14-7)10(17)15-5-3-13-6-8(15)9(11)12/h2,4,8-9,13H,3,5-6H2,1H3. The van der Waals surface area contributed by atoms with Crippen molar-refractivity contribution in [2.45, 2.75) is 19.4 Å². The van der Waals surface area contributed by atoms with Gasteiger partial charge in [0, 0.05) is 25.8 Å². The van der Waals surface area contributed by atoms with Crippen molar-refractivity contribution >= 4 is 6.03 Å². The summed E-state index contributed by atoms with van der Waals surface area (Å²) in [6, 6.07) is 0.0861. The third-order valence-electron chi connectivity index (χ3n) is 2.74. The number of nitrogens with one attached hydrogen (secondary N) is 1. The molecule has 0 radical (unpaired) electrons. The maximum Gasteiger partial charge on any atom is 0.345 e. The van der Waals surface area contributed by atoms with E-state index < -0.39 is 18.5 Å². The molecule has 94 valence electrons. The quantitative estimate of drug-likeness (QED) is 0.791. The molecule has 1 saturated heterocycles. The molecule has 1 aromatic rings. The predicted octanol–water partition coefficient (Wildman–Crippen LogP) is 0.699. The van der Waals surface area contributed by atoms with Gasteiger partial charge in [-0.05, 0) is 13.0 Å². The first-order valence-electron chi connectivity index (χ1n) is 5.41. The Morgan fingerprint density at radius 3 is 3.00 bits per heavy atom. The molecular formula is C10H14F2N4O. The predicted molar refractivity (Wildman–Crippen MR) is 57.1 cm³/mol. The van der Waals surface area contributed by atoms with Gasteiger partial charge in [0.25, 0.3) is 6.43 Å². The molecule has 1 atom stereocenters. The van der Waals surface area contributed by atoms with Crippen molar-refractivity contribution in [1.29, 1.82) is 0 Å². The highest BCUT2D eigenvalue weighted by molar-refractivity contribution is 5.76. The number of carbonyl (C=O) groups excluding carboxylic acids is 1. The first kappa shape index (κ1) is 12.0. The second kappa shape index (κ2) is 4.79. The van der Waals surface area contributed by atoms with Crippen LogP contribution in [0.2, 0.25) is 0 Å². The Morgan fingerprint density at radius 1 is 1.65 bits per heavy atom. The number of halogens is 2. The van der Waals surface area contributed by atoms with Crippen molar-refractivity contribution in [3.63, 3.8) is 0 Å². The maximum absolute atomic E-state index is 12.8. The number of aromatic nitrogens is 2. The van der Waals surface area contributed by atoms with Crippen LogP contribution in [-0.4, -0.2) is 52.8 Å². The topological polar surface area (TPSA) is 50.2 Å². The number of carbonyl (C=O) groups is 1. The summed E-state index contributed by atoms with van der Waals surface area (Å²) >= 11 is 0. The molecule has 0 aliphatic carbocycles. The van der Waals surface area contributed by atoms with E-state index in [2.05, 4.69) is 10.4 Å². The first-order chi connectivity index (χ1) is 8.09. The van der Waals surface area contributed by atoms with Gasteiger partial charge in [-0.15, -0.1) is 0 Å². The monoisotopic (exact) mass is 244 g/mol. The van der Waals surface area contributed by atoms with Crippen LogP contribution in [0.3, 0.4) is 0 Å². The largest absolute Gasteiger partial charge is 0.345 e. The normalized spacial score (nSPS) is 20.9. The van der Waals surface area contributed by atoms with E-state index in [-0.39, 0.29) is 13.1 Å². The van der Waals surface area contributed by atoms with E-state index in [1.807, 2.05) is 0 Å². The van der Waals surface area contributed by atoms with Gasteiger partial charge in [0.2, 0.25) is 0 Å². The zero-order valence-electron chi connectivity index (χ0n) is 9.44. The third-order valence-corrected chi connectivity index (χ3v) is 2.74. The lowest BCUT2D eigenvalue weighted by Crippen LogP contribution is -2.57. The molecule has 1 aromatic heterocycles. The highest BCUT2D eigenvalue weighted by Crippen LogP contribution is 2.13. The molecule has 17 heavy (non-hydrogen) atoms. The number of rotatable bonds is 1. The summed E-state index contributed by atoms with van der Waals surface area (Å²) in [7, 11) is 0. The van der Waals surface area contributed by atoms with Gasteiger partial charge in [0.15, 0.2) is 0 Å². The Labute approximate surface area is 97.4 Å². The van der Waals surface area contributed by atoms with Gasteiger partial charge in [-0.2, -0.15) is 9.78 Å². The van der Waals surface area contributed by atoms with Crippen LogP contribution < -0.4 is 5.32 Å². The number of amides is 1. The molecule has 1 amide bonds. The van der Waals surface area contributed by atoms with E-state index in [0.717, 1.165) is 4.68 Å². The van der Waals surface area contributed by atoms with Crippen molar-refractivity contribution in [3.8, 4) is 0 Å². The molecule has 1 aliphatic heterocycles. The Hall–Kier alpha value is -1.50. The summed E-state index contributed by atoms with van der Waals surface area (Å²) in [5.74, 6) is 0. The van der Waals surface area contributed by atoms with Gasteiger partial charge in [-0.1, -0.05) is 0 Å². The molecule has 1 aliphatic rings. The smallest absolute Gasteiger partial charge is 0.313 e. The summed E-state index contributed by atoms with van der Waals surface area (Å²) in [6.07, 6.45) is -1.06. The van der Waals surface area contributed by atoms with Crippen LogP contribution in [0.1, 0.15) is 5.69 Å². The van der Waals surface area contributed by atoms with E-state index in [0.29, 0.717) is 12.2 Å². The molecule has 1 fully saturated rings. The zero-order chi connectivity index (χ0) is 12.4. The Kier molecular flexibility index (Phi) is 3.37. The van der Waals surface area contributed by atoms with Gasteiger partial charge in [-0.25, -0.2) is 13.6 Å². The van der Waals surface area contributed by atoms with Gasteiger partial charge in [0.1, 0.15) is 6.04 Å². The maximum atomic E-state index is 12.8. The first-order valence-corrected chi connectivity index (χ1v) is 5.41. The molecule has 0 aromatic carbocycles. The van der Waals surface area contributed by atoms with Crippen LogP contribution in [0.4, 0.5) is 13.6 Å². The van der Waals surface area contributed by atoms with Crippen molar-refractivity contribution in [2.24, 2.45) is 0 Å². The number of piperazine rings is 1. The highest BCUT2D eigenvalue weighted by atomic mass is 19.3. The lowest BCUT2D eigenvalue weighted by Gasteiger charge is -2.35. The molecule has 2 heterocycles. The average Bonchev–Trinajstić information content (AvgIpc) is 2.75. The van der Waals surface area contributed by atoms with Crippen LogP contribution >= 0.6 is 0 Å². The van der Waals surface area contributed by atoms with Gasteiger partial charge in [0.05, 0.1) is 5.69 Å².